The highest BCUT2D eigenvalue weighted by molar-refractivity contribution is 5.95. The van der Waals surface area contributed by atoms with Gasteiger partial charge in [0.1, 0.15) is 5.82 Å². The number of nitrogens with zero attached hydrogens (tertiary/aromatic N) is 3. The number of benzene rings is 1. The van der Waals surface area contributed by atoms with E-state index in [1.54, 1.807) is 12.3 Å². The number of nitrogen functional groups attached to an aromatic ring is 1. The lowest BCUT2D eigenvalue weighted by Gasteiger charge is -2.04. The SMILES string of the molecule is Nc1ccc(-c2cccc3ccncc23)nn1. The highest BCUT2D eigenvalue weighted by atomic mass is 15.1. The molecule has 4 nitrogen and oxygen atoms in total. The minimum atomic E-state index is 0.423. The summed E-state index contributed by atoms with van der Waals surface area (Å²) in [5, 5.41) is 10.2. The van der Waals surface area contributed by atoms with Crippen molar-refractivity contribution in [3.8, 4) is 11.3 Å². The first-order valence-electron chi connectivity index (χ1n) is 5.27. The van der Waals surface area contributed by atoms with Crippen LogP contribution >= 0.6 is 0 Å². The molecule has 0 radical (unpaired) electrons. The van der Waals surface area contributed by atoms with E-state index in [0.717, 1.165) is 22.0 Å². The molecule has 0 bridgehead atoms. The maximum Gasteiger partial charge on any atom is 0.146 e. The summed E-state index contributed by atoms with van der Waals surface area (Å²) in [6, 6.07) is 11.6. The van der Waals surface area contributed by atoms with Gasteiger partial charge >= 0.3 is 0 Å². The topological polar surface area (TPSA) is 64.7 Å². The van der Waals surface area contributed by atoms with Crippen molar-refractivity contribution < 1.29 is 0 Å². The molecule has 2 heterocycles. The first kappa shape index (κ1) is 9.72. The van der Waals surface area contributed by atoms with Crippen LogP contribution in [-0.2, 0) is 0 Å². The third-order valence-corrected chi connectivity index (χ3v) is 2.64. The number of pyridine rings is 1. The molecule has 2 aromatic heterocycles. The van der Waals surface area contributed by atoms with Crippen molar-refractivity contribution in [2.75, 3.05) is 5.73 Å². The van der Waals surface area contributed by atoms with Crippen molar-refractivity contribution >= 4 is 16.6 Å². The van der Waals surface area contributed by atoms with E-state index in [2.05, 4.69) is 15.2 Å². The second kappa shape index (κ2) is 3.83. The number of aromatic nitrogens is 3. The van der Waals surface area contributed by atoms with E-state index in [4.69, 9.17) is 5.73 Å². The van der Waals surface area contributed by atoms with Gasteiger partial charge in [0.25, 0.3) is 0 Å². The summed E-state index contributed by atoms with van der Waals surface area (Å²) in [4.78, 5) is 4.14. The zero-order chi connectivity index (χ0) is 11.7. The molecule has 1 aromatic carbocycles. The van der Waals surface area contributed by atoms with Crippen molar-refractivity contribution in [3.63, 3.8) is 0 Å². The molecular weight excluding hydrogens is 212 g/mol. The van der Waals surface area contributed by atoms with E-state index in [0.29, 0.717) is 5.82 Å². The van der Waals surface area contributed by atoms with Crippen molar-refractivity contribution in [1.82, 2.24) is 15.2 Å². The summed E-state index contributed by atoms with van der Waals surface area (Å²) in [6.45, 7) is 0. The van der Waals surface area contributed by atoms with Gasteiger partial charge in [-0.3, -0.25) is 4.98 Å². The van der Waals surface area contributed by atoms with Crippen LogP contribution in [0.5, 0.6) is 0 Å². The van der Waals surface area contributed by atoms with E-state index in [-0.39, 0.29) is 0 Å². The summed E-state index contributed by atoms with van der Waals surface area (Å²) in [5.74, 6) is 0.423. The molecule has 0 aliphatic heterocycles. The van der Waals surface area contributed by atoms with Gasteiger partial charge < -0.3 is 5.73 Å². The van der Waals surface area contributed by atoms with E-state index in [1.165, 1.54) is 0 Å². The van der Waals surface area contributed by atoms with Gasteiger partial charge in [0, 0.05) is 23.3 Å². The van der Waals surface area contributed by atoms with Crippen LogP contribution in [0.2, 0.25) is 0 Å². The molecule has 0 atom stereocenters. The van der Waals surface area contributed by atoms with Crippen LogP contribution in [0.1, 0.15) is 0 Å². The van der Waals surface area contributed by atoms with E-state index in [9.17, 15) is 0 Å². The van der Waals surface area contributed by atoms with Gasteiger partial charge in [0.2, 0.25) is 0 Å². The molecule has 0 saturated carbocycles. The predicted molar refractivity (Wildman–Crippen MR) is 67.2 cm³/mol. The van der Waals surface area contributed by atoms with Gasteiger partial charge in [0.15, 0.2) is 0 Å². The number of anilines is 1. The minimum Gasteiger partial charge on any atom is -0.382 e. The molecule has 0 saturated heterocycles. The Morgan fingerprint density at radius 1 is 0.941 bits per heavy atom. The van der Waals surface area contributed by atoms with Gasteiger partial charge in [-0.2, -0.15) is 0 Å². The third-order valence-electron chi connectivity index (χ3n) is 2.64. The number of hydrogen-bond acceptors (Lipinski definition) is 4. The van der Waals surface area contributed by atoms with Crippen LogP contribution in [-0.4, -0.2) is 15.2 Å². The van der Waals surface area contributed by atoms with Crippen molar-refractivity contribution in [2.24, 2.45) is 0 Å². The molecule has 0 aliphatic carbocycles. The summed E-state index contributed by atoms with van der Waals surface area (Å²) in [6.07, 6.45) is 3.61. The van der Waals surface area contributed by atoms with Crippen LogP contribution in [0.3, 0.4) is 0 Å². The molecule has 3 aromatic rings. The summed E-state index contributed by atoms with van der Waals surface area (Å²) in [5.41, 5.74) is 7.35. The van der Waals surface area contributed by atoms with Crippen molar-refractivity contribution in [2.45, 2.75) is 0 Å². The van der Waals surface area contributed by atoms with Gasteiger partial charge in [-0.15, -0.1) is 10.2 Å². The Bertz CT molecular complexity index is 656. The van der Waals surface area contributed by atoms with Crippen molar-refractivity contribution in [3.05, 3.63) is 48.8 Å². The standard InChI is InChI=1S/C13H10N4/c14-13-5-4-12(16-17-13)10-3-1-2-9-6-7-15-8-11(9)10/h1-8H,(H2,14,17). The molecule has 0 unspecified atom stereocenters. The molecule has 17 heavy (non-hydrogen) atoms. The Balaban J connectivity index is 2.27. The zero-order valence-electron chi connectivity index (χ0n) is 9.04. The Kier molecular flexibility index (Phi) is 2.19. The van der Waals surface area contributed by atoms with Gasteiger partial charge in [-0.25, -0.2) is 0 Å². The summed E-state index contributed by atoms with van der Waals surface area (Å²) >= 11 is 0. The van der Waals surface area contributed by atoms with Crippen LogP contribution in [0.15, 0.2) is 48.8 Å². The summed E-state index contributed by atoms with van der Waals surface area (Å²) in [7, 11) is 0. The monoisotopic (exact) mass is 222 g/mol. The fraction of sp³-hybridized carbons (Fsp3) is 0. The maximum absolute atomic E-state index is 5.53. The largest absolute Gasteiger partial charge is 0.382 e. The molecule has 0 amide bonds. The summed E-state index contributed by atoms with van der Waals surface area (Å²) < 4.78 is 0. The zero-order valence-corrected chi connectivity index (χ0v) is 9.04. The second-order valence-electron chi connectivity index (χ2n) is 3.75. The molecule has 2 N–H and O–H groups in total. The van der Waals surface area contributed by atoms with E-state index >= 15 is 0 Å². The van der Waals surface area contributed by atoms with Crippen LogP contribution < -0.4 is 5.73 Å². The molecule has 4 heteroatoms. The quantitative estimate of drug-likeness (QED) is 0.686. The highest BCUT2D eigenvalue weighted by Crippen LogP contribution is 2.26. The molecule has 3 rings (SSSR count). The molecular formula is C13H10N4. The van der Waals surface area contributed by atoms with Gasteiger partial charge in [-0.05, 0) is 23.6 Å². The normalized spacial score (nSPS) is 10.6. The Hall–Kier alpha value is -2.49. The third kappa shape index (κ3) is 1.69. The average molecular weight is 222 g/mol. The Morgan fingerprint density at radius 2 is 1.88 bits per heavy atom. The lowest BCUT2D eigenvalue weighted by molar-refractivity contribution is 1.05. The number of nitrogens with two attached hydrogens (primary N) is 1. The second-order valence-corrected chi connectivity index (χ2v) is 3.75. The average Bonchev–Trinajstić information content (AvgIpc) is 2.39. The van der Waals surface area contributed by atoms with Crippen molar-refractivity contribution in [1.29, 1.82) is 0 Å². The fourth-order valence-electron chi connectivity index (χ4n) is 1.82. The van der Waals surface area contributed by atoms with Gasteiger partial charge in [0.05, 0.1) is 5.69 Å². The van der Waals surface area contributed by atoms with E-state index in [1.807, 2.05) is 36.5 Å². The first-order chi connectivity index (χ1) is 8.34. The molecule has 0 aliphatic rings. The van der Waals surface area contributed by atoms with Crippen LogP contribution in [0, 0.1) is 0 Å². The Morgan fingerprint density at radius 3 is 2.71 bits per heavy atom. The lowest BCUT2D eigenvalue weighted by Crippen LogP contribution is -1.94. The predicted octanol–water partition coefficient (Wildman–Crippen LogP) is 2.27. The maximum atomic E-state index is 5.53. The number of hydrogen-bond donors (Lipinski definition) is 1. The van der Waals surface area contributed by atoms with Gasteiger partial charge in [-0.1, -0.05) is 18.2 Å². The molecule has 0 spiro atoms. The lowest BCUT2D eigenvalue weighted by atomic mass is 10.0. The Labute approximate surface area is 98.1 Å². The molecule has 0 fully saturated rings. The first-order valence-corrected chi connectivity index (χ1v) is 5.27. The number of rotatable bonds is 1. The van der Waals surface area contributed by atoms with Crippen LogP contribution in [0.4, 0.5) is 5.82 Å². The molecule has 82 valence electrons. The fourth-order valence-corrected chi connectivity index (χ4v) is 1.82. The smallest absolute Gasteiger partial charge is 0.146 e. The minimum absolute atomic E-state index is 0.423. The number of fused-ring (bicyclic) bond motifs is 1. The highest BCUT2D eigenvalue weighted by Gasteiger charge is 2.04. The van der Waals surface area contributed by atoms with Crippen LogP contribution in [0.25, 0.3) is 22.0 Å². The van der Waals surface area contributed by atoms with E-state index < -0.39 is 0 Å².